The number of thiocarbonyl (C=S) groups is 1. The molecule has 1 aromatic carbocycles. The summed E-state index contributed by atoms with van der Waals surface area (Å²) in [6, 6.07) is 6.65. The first kappa shape index (κ1) is 13.2. The topological polar surface area (TPSA) is 104 Å². The van der Waals surface area contributed by atoms with Crippen molar-refractivity contribution >= 4 is 33.8 Å². The fourth-order valence-electron chi connectivity index (χ4n) is 1.58. The summed E-state index contributed by atoms with van der Waals surface area (Å²) in [5, 5.41) is 4.05. The summed E-state index contributed by atoms with van der Waals surface area (Å²) in [6.07, 6.45) is 0. The van der Waals surface area contributed by atoms with Crippen molar-refractivity contribution in [3.05, 3.63) is 34.7 Å². The van der Waals surface area contributed by atoms with Crippen LogP contribution in [0.5, 0.6) is 5.95 Å². The lowest BCUT2D eigenvalue weighted by Gasteiger charge is -2.06. The zero-order valence-electron chi connectivity index (χ0n) is 10.0. The van der Waals surface area contributed by atoms with Gasteiger partial charge in [-0.25, -0.2) is 4.79 Å². The van der Waals surface area contributed by atoms with Crippen LogP contribution in [0.15, 0.2) is 33.5 Å². The molecule has 0 aliphatic rings. The highest BCUT2D eigenvalue weighted by atomic mass is 32.1. The summed E-state index contributed by atoms with van der Waals surface area (Å²) in [5.74, 6) is 0.145. The van der Waals surface area contributed by atoms with E-state index in [2.05, 4.69) is 17.5 Å². The Morgan fingerprint density at radius 2 is 2.21 bits per heavy atom. The van der Waals surface area contributed by atoms with Crippen LogP contribution in [0.2, 0.25) is 0 Å². The first-order valence-electron chi connectivity index (χ1n) is 5.56. The number of rotatable bonds is 4. The van der Waals surface area contributed by atoms with Gasteiger partial charge in [-0.3, -0.25) is 0 Å². The van der Waals surface area contributed by atoms with Gasteiger partial charge in [0.05, 0.1) is 11.9 Å². The molecule has 2 rings (SSSR count). The van der Waals surface area contributed by atoms with Gasteiger partial charge in [0.2, 0.25) is 0 Å². The van der Waals surface area contributed by atoms with E-state index in [0.29, 0.717) is 23.0 Å². The third-order valence-corrected chi connectivity index (χ3v) is 2.55. The zero-order valence-corrected chi connectivity index (χ0v) is 10.8. The van der Waals surface area contributed by atoms with E-state index < -0.39 is 5.63 Å². The first-order chi connectivity index (χ1) is 9.06. The molecule has 0 aliphatic carbocycles. The van der Waals surface area contributed by atoms with Crippen molar-refractivity contribution in [3.8, 4) is 5.95 Å². The standard InChI is InChI=1S/C12H13N3O3S/c13-8-2-1-7-5-10(17-4-3-15-12(14)19)18-11(16)9(7)6-8/h1-2,5-6H,3-4,13H2,(H3,14,15,19). The Bertz CT molecular complexity index is 669. The largest absolute Gasteiger partial charge is 0.463 e. The fraction of sp³-hybridized carbons (Fsp3) is 0.167. The third kappa shape index (κ3) is 3.35. The van der Waals surface area contributed by atoms with Gasteiger partial charge in [0, 0.05) is 11.8 Å². The van der Waals surface area contributed by atoms with Crippen LogP contribution in [-0.2, 0) is 0 Å². The predicted octanol–water partition coefficient (Wildman–Crippen LogP) is 0.587. The minimum absolute atomic E-state index is 0.145. The molecule has 6 nitrogen and oxygen atoms in total. The molecule has 100 valence electrons. The SMILES string of the molecule is NC(=S)NCCOc1cc2ccc(N)cc2c(=O)o1. The molecule has 0 fully saturated rings. The minimum atomic E-state index is -0.484. The molecule has 0 unspecified atom stereocenters. The van der Waals surface area contributed by atoms with E-state index in [-0.39, 0.29) is 17.7 Å². The minimum Gasteiger partial charge on any atom is -0.463 e. The van der Waals surface area contributed by atoms with Gasteiger partial charge in [0.25, 0.3) is 5.95 Å². The van der Waals surface area contributed by atoms with Gasteiger partial charge in [0.15, 0.2) is 5.11 Å². The molecule has 0 radical (unpaired) electrons. The molecule has 0 atom stereocenters. The zero-order chi connectivity index (χ0) is 13.8. The second-order valence-corrected chi connectivity index (χ2v) is 4.28. The Hall–Kier alpha value is -2.28. The van der Waals surface area contributed by atoms with Gasteiger partial charge < -0.3 is 25.9 Å². The molecule has 0 amide bonds. The van der Waals surface area contributed by atoms with Crippen LogP contribution in [0.3, 0.4) is 0 Å². The van der Waals surface area contributed by atoms with Crippen LogP contribution in [0.25, 0.3) is 10.8 Å². The van der Waals surface area contributed by atoms with Gasteiger partial charge >= 0.3 is 5.63 Å². The summed E-state index contributed by atoms with van der Waals surface area (Å²) >= 11 is 4.65. The number of nitrogens with one attached hydrogen (secondary N) is 1. The van der Waals surface area contributed by atoms with Crippen molar-refractivity contribution in [2.24, 2.45) is 5.73 Å². The number of hydrogen-bond acceptors (Lipinski definition) is 5. The summed E-state index contributed by atoms with van der Waals surface area (Å²) in [7, 11) is 0. The van der Waals surface area contributed by atoms with E-state index in [4.69, 9.17) is 20.6 Å². The molecule has 7 heteroatoms. The van der Waals surface area contributed by atoms with E-state index in [9.17, 15) is 4.79 Å². The number of nitrogen functional groups attached to an aromatic ring is 1. The highest BCUT2D eigenvalue weighted by molar-refractivity contribution is 7.80. The highest BCUT2D eigenvalue weighted by Gasteiger charge is 2.05. The molecule has 2 aromatic rings. The van der Waals surface area contributed by atoms with E-state index >= 15 is 0 Å². The van der Waals surface area contributed by atoms with Crippen LogP contribution in [0.1, 0.15) is 0 Å². The molecule has 19 heavy (non-hydrogen) atoms. The monoisotopic (exact) mass is 279 g/mol. The maximum atomic E-state index is 11.7. The number of benzene rings is 1. The summed E-state index contributed by atoms with van der Waals surface area (Å²) < 4.78 is 10.3. The smallest absolute Gasteiger partial charge is 0.346 e. The normalized spacial score (nSPS) is 10.3. The molecule has 0 saturated heterocycles. The number of nitrogens with two attached hydrogens (primary N) is 2. The van der Waals surface area contributed by atoms with Gasteiger partial charge in [-0.2, -0.15) is 0 Å². The lowest BCUT2D eigenvalue weighted by Crippen LogP contribution is -2.32. The number of ether oxygens (including phenoxy) is 1. The predicted molar refractivity (Wildman–Crippen MR) is 77.2 cm³/mol. The summed E-state index contributed by atoms with van der Waals surface area (Å²) in [5.41, 5.74) is 10.9. The van der Waals surface area contributed by atoms with Crippen molar-refractivity contribution in [2.45, 2.75) is 0 Å². The van der Waals surface area contributed by atoms with E-state index in [1.807, 2.05) is 0 Å². The lowest BCUT2D eigenvalue weighted by atomic mass is 10.2. The van der Waals surface area contributed by atoms with Crippen LogP contribution >= 0.6 is 12.2 Å². The second-order valence-electron chi connectivity index (χ2n) is 3.84. The number of hydrogen-bond donors (Lipinski definition) is 3. The third-order valence-electron chi connectivity index (χ3n) is 2.41. The van der Waals surface area contributed by atoms with Crippen molar-refractivity contribution in [2.75, 3.05) is 18.9 Å². The molecule has 0 saturated carbocycles. The molecule has 0 aliphatic heterocycles. The van der Waals surface area contributed by atoms with Crippen LogP contribution in [0.4, 0.5) is 5.69 Å². The second kappa shape index (κ2) is 5.57. The molecule has 1 aromatic heterocycles. The number of fused-ring (bicyclic) bond motifs is 1. The molecule has 1 heterocycles. The summed E-state index contributed by atoms with van der Waals surface area (Å²) in [4.78, 5) is 11.7. The van der Waals surface area contributed by atoms with Gasteiger partial charge in [-0.15, -0.1) is 0 Å². The maximum Gasteiger partial charge on any atom is 0.346 e. The Morgan fingerprint density at radius 1 is 1.42 bits per heavy atom. The summed E-state index contributed by atoms with van der Waals surface area (Å²) in [6.45, 7) is 0.708. The quantitative estimate of drug-likeness (QED) is 0.427. The fourth-order valence-corrected chi connectivity index (χ4v) is 1.68. The highest BCUT2D eigenvalue weighted by Crippen LogP contribution is 2.19. The maximum absolute atomic E-state index is 11.7. The lowest BCUT2D eigenvalue weighted by molar-refractivity contribution is 0.236. The molecule has 0 bridgehead atoms. The van der Waals surface area contributed by atoms with Gasteiger partial charge in [-0.1, -0.05) is 6.07 Å². The van der Waals surface area contributed by atoms with Crippen LogP contribution in [-0.4, -0.2) is 18.3 Å². The van der Waals surface area contributed by atoms with Crippen molar-refractivity contribution in [1.82, 2.24) is 5.32 Å². The van der Waals surface area contributed by atoms with Crippen molar-refractivity contribution in [1.29, 1.82) is 0 Å². The first-order valence-corrected chi connectivity index (χ1v) is 5.96. The van der Waals surface area contributed by atoms with Gasteiger partial charge in [-0.05, 0) is 29.7 Å². The van der Waals surface area contributed by atoms with Crippen LogP contribution in [0, 0.1) is 0 Å². The van der Waals surface area contributed by atoms with Crippen molar-refractivity contribution in [3.63, 3.8) is 0 Å². The number of anilines is 1. The van der Waals surface area contributed by atoms with E-state index in [1.165, 1.54) is 0 Å². The average Bonchev–Trinajstić information content (AvgIpc) is 2.35. The van der Waals surface area contributed by atoms with E-state index in [0.717, 1.165) is 0 Å². The molecular formula is C12H13N3O3S. The Balaban J connectivity index is 2.15. The average molecular weight is 279 g/mol. The molecule has 5 N–H and O–H groups in total. The molecular weight excluding hydrogens is 266 g/mol. The molecule has 0 spiro atoms. The van der Waals surface area contributed by atoms with E-state index in [1.54, 1.807) is 24.3 Å². The van der Waals surface area contributed by atoms with Crippen molar-refractivity contribution < 1.29 is 9.15 Å². The Morgan fingerprint density at radius 3 is 2.95 bits per heavy atom. The van der Waals surface area contributed by atoms with Crippen LogP contribution < -0.4 is 27.1 Å². The Kier molecular flexibility index (Phi) is 3.86. The van der Waals surface area contributed by atoms with Gasteiger partial charge in [0.1, 0.15) is 6.61 Å². The Labute approximate surface area is 114 Å².